The molecule has 0 fully saturated rings. The molecular weight excluding hydrogens is 496 g/mol. The highest BCUT2D eigenvalue weighted by Crippen LogP contribution is 2.28. The van der Waals surface area contributed by atoms with Crippen molar-refractivity contribution in [3.8, 4) is 0 Å². The Morgan fingerprint density at radius 1 is 1.11 bits per heavy atom. The predicted molar refractivity (Wildman–Crippen MR) is 144 cm³/mol. The van der Waals surface area contributed by atoms with Crippen LogP contribution in [-0.4, -0.2) is 54.4 Å². The third-order valence-electron chi connectivity index (χ3n) is 5.67. The maximum atomic E-state index is 13.8. The van der Waals surface area contributed by atoms with Gasteiger partial charge in [-0.1, -0.05) is 42.8 Å². The van der Waals surface area contributed by atoms with Crippen LogP contribution in [0.3, 0.4) is 0 Å². The highest BCUT2D eigenvalue weighted by Gasteiger charge is 2.33. The fraction of sp³-hybridized carbons (Fsp3) is 0.462. The predicted octanol–water partition coefficient (Wildman–Crippen LogP) is 3.70. The molecule has 0 aromatic heterocycles. The molecule has 0 heterocycles. The summed E-state index contributed by atoms with van der Waals surface area (Å²) in [6.07, 6.45) is 1.24. The van der Waals surface area contributed by atoms with E-state index in [2.05, 4.69) is 5.32 Å². The number of nitrogens with one attached hydrogen (secondary N) is 1. The fourth-order valence-corrected chi connectivity index (χ4v) is 4.85. The van der Waals surface area contributed by atoms with E-state index in [1.54, 1.807) is 13.8 Å². The minimum atomic E-state index is -4.01. The topological polar surface area (TPSA) is 130 Å². The lowest BCUT2D eigenvalue weighted by atomic mass is 10.0. The molecule has 1 atom stereocenters. The number of rotatable bonds is 10. The maximum absolute atomic E-state index is 13.8. The summed E-state index contributed by atoms with van der Waals surface area (Å²) in [5.74, 6) is -0.956. The summed E-state index contributed by atoms with van der Waals surface area (Å²) in [5.41, 5.74) is 1.41. The molecule has 0 saturated heterocycles. The van der Waals surface area contributed by atoms with Crippen molar-refractivity contribution < 1.29 is 22.9 Å². The first-order valence-corrected chi connectivity index (χ1v) is 13.8. The van der Waals surface area contributed by atoms with Gasteiger partial charge in [0, 0.05) is 24.2 Å². The molecule has 0 unspecified atom stereocenters. The molecule has 0 aliphatic rings. The van der Waals surface area contributed by atoms with Gasteiger partial charge in [0.15, 0.2) is 0 Å². The Hall–Kier alpha value is -3.47. The zero-order valence-electron chi connectivity index (χ0n) is 22.4. The van der Waals surface area contributed by atoms with Gasteiger partial charge in [-0.3, -0.25) is 24.0 Å². The molecule has 0 bridgehead atoms. The van der Waals surface area contributed by atoms with Gasteiger partial charge < -0.3 is 10.2 Å². The van der Waals surface area contributed by atoms with Crippen molar-refractivity contribution in [3.05, 3.63) is 69.3 Å². The second-order valence-electron chi connectivity index (χ2n) is 10.2. The second kappa shape index (κ2) is 11.7. The fourth-order valence-electron chi connectivity index (χ4n) is 3.95. The number of hydrogen-bond acceptors (Lipinski definition) is 6. The molecule has 0 spiro atoms. The minimum absolute atomic E-state index is 0.0350. The number of carbonyl (C=O) groups is 2. The molecular formula is C26H36N4O6S. The van der Waals surface area contributed by atoms with E-state index in [1.165, 1.54) is 17.0 Å². The summed E-state index contributed by atoms with van der Waals surface area (Å²) in [6, 6.07) is 10.5. The molecule has 2 rings (SSSR count). The monoisotopic (exact) mass is 532 g/mol. The summed E-state index contributed by atoms with van der Waals surface area (Å²) in [4.78, 5) is 39.1. The Morgan fingerprint density at radius 2 is 1.76 bits per heavy atom. The second-order valence-corrected chi connectivity index (χ2v) is 12.1. The SMILES string of the molecule is CC[C@H](C(=O)NC(C)(C)C)N(Cc1cccc(C)c1)C(=O)CN(c1cc([N+](=O)[O-])ccc1C)S(C)(=O)=O. The van der Waals surface area contributed by atoms with E-state index in [0.717, 1.165) is 27.8 Å². The summed E-state index contributed by atoms with van der Waals surface area (Å²) in [6.45, 7) is 10.3. The van der Waals surface area contributed by atoms with Gasteiger partial charge in [-0.25, -0.2) is 8.42 Å². The van der Waals surface area contributed by atoms with Gasteiger partial charge in [-0.05, 0) is 52.2 Å². The summed E-state index contributed by atoms with van der Waals surface area (Å²) in [5, 5.41) is 14.2. The molecule has 0 aliphatic carbocycles. The first-order valence-electron chi connectivity index (χ1n) is 11.9. The van der Waals surface area contributed by atoms with Crippen LogP contribution >= 0.6 is 0 Å². The van der Waals surface area contributed by atoms with Gasteiger partial charge in [-0.2, -0.15) is 0 Å². The first kappa shape index (κ1) is 29.8. The summed E-state index contributed by atoms with van der Waals surface area (Å²) in [7, 11) is -4.01. The smallest absolute Gasteiger partial charge is 0.271 e. The quantitative estimate of drug-likeness (QED) is 0.367. The standard InChI is InChI=1S/C26H36N4O6S/c1-8-22(25(32)27-26(4,5)6)28(16-20-11-9-10-18(2)14-20)24(31)17-29(37(7,35)36)23-15-21(30(33)34)13-12-19(23)3/h9-15,22H,8,16-17H2,1-7H3,(H,27,32)/t22-/m1/s1. The van der Waals surface area contributed by atoms with E-state index in [-0.39, 0.29) is 23.8 Å². The lowest BCUT2D eigenvalue weighted by molar-refractivity contribution is -0.384. The normalized spacial score (nSPS) is 12.5. The minimum Gasteiger partial charge on any atom is -0.350 e. The number of aryl methyl sites for hydroxylation is 2. The van der Waals surface area contributed by atoms with Crippen LogP contribution in [0.5, 0.6) is 0 Å². The molecule has 1 N–H and O–H groups in total. The summed E-state index contributed by atoms with van der Waals surface area (Å²) >= 11 is 0. The number of amides is 2. The lowest BCUT2D eigenvalue weighted by Crippen LogP contribution is -2.55. The van der Waals surface area contributed by atoms with E-state index in [1.807, 2.05) is 52.0 Å². The number of sulfonamides is 1. The molecule has 2 amide bonds. The molecule has 37 heavy (non-hydrogen) atoms. The zero-order chi connectivity index (χ0) is 28.1. The average molecular weight is 533 g/mol. The van der Waals surface area contributed by atoms with Gasteiger partial charge in [0.2, 0.25) is 21.8 Å². The molecule has 0 aliphatic heterocycles. The molecule has 2 aromatic carbocycles. The number of carbonyl (C=O) groups excluding carboxylic acids is 2. The van der Waals surface area contributed by atoms with Crippen molar-refractivity contribution in [2.45, 2.75) is 66.1 Å². The molecule has 2 aromatic rings. The van der Waals surface area contributed by atoms with E-state index in [9.17, 15) is 28.1 Å². The van der Waals surface area contributed by atoms with Crippen LogP contribution in [0.25, 0.3) is 0 Å². The number of nitrogens with zero attached hydrogens (tertiary/aromatic N) is 3. The maximum Gasteiger partial charge on any atom is 0.271 e. The third kappa shape index (κ3) is 8.28. The number of nitro groups is 1. The van der Waals surface area contributed by atoms with Crippen LogP contribution in [0.2, 0.25) is 0 Å². The van der Waals surface area contributed by atoms with Crippen molar-refractivity contribution in [2.24, 2.45) is 0 Å². The number of nitro benzene ring substituents is 1. The number of hydrogen-bond donors (Lipinski definition) is 1. The largest absolute Gasteiger partial charge is 0.350 e. The van der Waals surface area contributed by atoms with Gasteiger partial charge in [0.25, 0.3) is 5.69 Å². The third-order valence-corrected chi connectivity index (χ3v) is 6.80. The Balaban J connectivity index is 2.55. The zero-order valence-corrected chi connectivity index (χ0v) is 23.3. The van der Waals surface area contributed by atoms with Crippen molar-refractivity contribution >= 4 is 33.2 Å². The Morgan fingerprint density at radius 3 is 2.27 bits per heavy atom. The average Bonchev–Trinajstić information content (AvgIpc) is 2.75. The van der Waals surface area contributed by atoms with Crippen LogP contribution in [0.4, 0.5) is 11.4 Å². The van der Waals surface area contributed by atoms with E-state index in [0.29, 0.717) is 12.0 Å². The summed E-state index contributed by atoms with van der Waals surface area (Å²) < 4.78 is 26.4. The Labute approximate surface area is 218 Å². The van der Waals surface area contributed by atoms with E-state index < -0.39 is 39.0 Å². The van der Waals surface area contributed by atoms with E-state index >= 15 is 0 Å². The van der Waals surface area contributed by atoms with Crippen molar-refractivity contribution in [1.82, 2.24) is 10.2 Å². The van der Waals surface area contributed by atoms with Crippen molar-refractivity contribution in [2.75, 3.05) is 17.1 Å². The number of non-ortho nitro benzene ring substituents is 1. The molecule has 202 valence electrons. The van der Waals surface area contributed by atoms with Crippen LogP contribution in [0.1, 0.15) is 50.8 Å². The lowest BCUT2D eigenvalue weighted by Gasteiger charge is -2.34. The number of benzene rings is 2. The molecule has 11 heteroatoms. The van der Waals surface area contributed by atoms with Gasteiger partial charge in [-0.15, -0.1) is 0 Å². The van der Waals surface area contributed by atoms with Crippen LogP contribution in [0.15, 0.2) is 42.5 Å². The van der Waals surface area contributed by atoms with Crippen molar-refractivity contribution in [1.29, 1.82) is 0 Å². The molecule has 0 saturated carbocycles. The first-order chi connectivity index (χ1) is 17.0. The van der Waals surface area contributed by atoms with E-state index in [4.69, 9.17) is 0 Å². The Kier molecular flexibility index (Phi) is 9.43. The highest BCUT2D eigenvalue weighted by molar-refractivity contribution is 7.92. The van der Waals surface area contributed by atoms with Crippen LogP contribution in [-0.2, 0) is 26.2 Å². The van der Waals surface area contributed by atoms with Crippen LogP contribution < -0.4 is 9.62 Å². The molecule has 10 nitrogen and oxygen atoms in total. The Bertz CT molecular complexity index is 1270. The van der Waals surface area contributed by atoms with Gasteiger partial charge in [0.05, 0.1) is 16.9 Å². The highest BCUT2D eigenvalue weighted by atomic mass is 32.2. The number of anilines is 1. The van der Waals surface area contributed by atoms with Gasteiger partial charge >= 0.3 is 0 Å². The molecule has 0 radical (unpaired) electrons. The van der Waals surface area contributed by atoms with Crippen molar-refractivity contribution in [3.63, 3.8) is 0 Å². The van der Waals surface area contributed by atoms with Crippen LogP contribution in [0, 0.1) is 24.0 Å². The van der Waals surface area contributed by atoms with Gasteiger partial charge in [0.1, 0.15) is 12.6 Å².